The number of aliphatic carboxylic acids is 1. The highest BCUT2D eigenvalue weighted by Crippen LogP contribution is 2.31. The molecule has 1 saturated heterocycles. The fraction of sp³-hybridized carbons (Fsp3) is 0.478. The quantitative estimate of drug-likeness (QED) is 0.398. The van der Waals surface area contributed by atoms with Gasteiger partial charge in [-0.2, -0.15) is 31.6 Å². The third-order valence-corrected chi connectivity index (χ3v) is 5.20. The SMILES string of the molecule is N#Cc1nc(CCCNCCN2CCCC2)cc(-c2cccc(C(F)(F)F)c2)n1.O=C(O)C(F)(F)F. The van der Waals surface area contributed by atoms with Crippen molar-refractivity contribution in [2.24, 2.45) is 0 Å². The number of nitrogens with one attached hydrogen (secondary N) is 1. The van der Waals surface area contributed by atoms with E-state index in [9.17, 15) is 31.6 Å². The van der Waals surface area contributed by atoms with Gasteiger partial charge in [0.2, 0.25) is 5.82 Å². The highest BCUT2D eigenvalue weighted by molar-refractivity contribution is 5.73. The molecule has 13 heteroatoms. The summed E-state index contributed by atoms with van der Waals surface area (Å²) >= 11 is 0. The fourth-order valence-electron chi connectivity index (χ4n) is 3.44. The first-order valence-corrected chi connectivity index (χ1v) is 11.1. The zero-order valence-corrected chi connectivity index (χ0v) is 19.2. The summed E-state index contributed by atoms with van der Waals surface area (Å²) in [5, 5.41) is 19.7. The topological polar surface area (TPSA) is 102 Å². The number of carbonyl (C=O) groups is 1. The van der Waals surface area contributed by atoms with Crippen molar-refractivity contribution in [3.63, 3.8) is 0 Å². The van der Waals surface area contributed by atoms with E-state index < -0.39 is 23.9 Å². The van der Waals surface area contributed by atoms with E-state index in [4.69, 9.17) is 9.90 Å². The van der Waals surface area contributed by atoms with Gasteiger partial charge in [0, 0.05) is 24.3 Å². The van der Waals surface area contributed by atoms with Crippen LogP contribution in [0.1, 0.15) is 36.3 Å². The Morgan fingerprint density at radius 2 is 1.75 bits per heavy atom. The molecule has 0 saturated carbocycles. The highest BCUT2D eigenvalue weighted by atomic mass is 19.4. The molecule has 1 fully saturated rings. The van der Waals surface area contributed by atoms with Gasteiger partial charge in [0.15, 0.2) is 0 Å². The molecule has 0 atom stereocenters. The number of aromatic nitrogens is 2. The monoisotopic (exact) mass is 517 g/mol. The van der Waals surface area contributed by atoms with Gasteiger partial charge in [-0.25, -0.2) is 14.8 Å². The van der Waals surface area contributed by atoms with Crippen molar-refractivity contribution in [1.82, 2.24) is 20.2 Å². The van der Waals surface area contributed by atoms with Crippen LogP contribution in [0, 0.1) is 11.3 Å². The Morgan fingerprint density at radius 3 is 2.33 bits per heavy atom. The minimum Gasteiger partial charge on any atom is -0.475 e. The molecule has 2 N–H and O–H groups in total. The van der Waals surface area contributed by atoms with Crippen molar-refractivity contribution in [2.75, 3.05) is 32.7 Å². The van der Waals surface area contributed by atoms with E-state index in [1.54, 1.807) is 12.1 Å². The second kappa shape index (κ2) is 13.2. The maximum absolute atomic E-state index is 13.0. The van der Waals surface area contributed by atoms with Crippen LogP contribution in [0.4, 0.5) is 26.3 Å². The summed E-state index contributed by atoms with van der Waals surface area (Å²) in [6.45, 7) is 5.16. The second-order valence-electron chi connectivity index (χ2n) is 7.96. The largest absolute Gasteiger partial charge is 0.490 e. The van der Waals surface area contributed by atoms with Crippen molar-refractivity contribution in [1.29, 1.82) is 5.26 Å². The van der Waals surface area contributed by atoms with Crippen LogP contribution >= 0.6 is 0 Å². The predicted octanol–water partition coefficient (Wildman–Crippen LogP) is 4.29. The highest BCUT2D eigenvalue weighted by Gasteiger charge is 2.38. The van der Waals surface area contributed by atoms with Gasteiger partial charge in [0.1, 0.15) is 6.07 Å². The lowest BCUT2D eigenvalue weighted by Gasteiger charge is -2.14. The number of carboxylic acids is 1. The lowest BCUT2D eigenvalue weighted by Crippen LogP contribution is -2.30. The Labute approximate surface area is 203 Å². The number of rotatable bonds is 8. The maximum atomic E-state index is 13.0. The zero-order chi connectivity index (χ0) is 26.8. The van der Waals surface area contributed by atoms with Gasteiger partial charge in [0.25, 0.3) is 0 Å². The molecular formula is C23H25F6N5O2. The molecular weight excluding hydrogens is 492 g/mol. The normalized spacial score (nSPS) is 14.1. The minimum absolute atomic E-state index is 0.0306. The van der Waals surface area contributed by atoms with E-state index >= 15 is 0 Å². The molecule has 0 spiro atoms. The van der Waals surface area contributed by atoms with Gasteiger partial charge in [-0.3, -0.25) is 0 Å². The van der Waals surface area contributed by atoms with Gasteiger partial charge >= 0.3 is 18.3 Å². The smallest absolute Gasteiger partial charge is 0.475 e. The fourth-order valence-corrected chi connectivity index (χ4v) is 3.44. The molecule has 0 bridgehead atoms. The summed E-state index contributed by atoms with van der Waals surface area (Å²) in [6.07, 6.45) is -5.50. The lowest BCUT2D eigenvalue weighted by atomic mass is 10.1. The van der Waals surface area contributed by atoms with Crippen LogP contribution in [0.5, 0.6) is 0 Å². The molecule has 3 rings (SSSR count). The molecule has 1 aromatic heterocycles. The van der Waals surface area contributed by atoms with Crippen LogP contribution < -0.4 is 5.32 Å². The van der Waals surface area contributed by atoms with Crippen LogP contribution in [0.2, 0.25) is 0 Å². The van der Waals surface area contributed by atoms with Gasteiger partial charge < -0.3 is 15.3 Å². The van der Waals surface area contributed by atoms with E-state index in [1.807, 2.05) is 6.07 Å². The summed E-state index contributed by atoms with van der Waals surface area (Å²) in [6, 6.07) is 8.53. The number of halogens is 6. The Bertz CT molecular complexity index is 1050. The van der Waals surface area contributed by atoms with E-state index in [2.05, 4.69) is 20.2 Å². The van der Waals surface area contributed by atoms with E-state index in [0.717, 1.165) is 38.2 Å². The van der Waals surface area contributed by atoms with Crippen LogP contribution in [0.15, 0.2) is 30.3 Å². The maximum Gasteiger partial charge on any atom is 0.490 e. The first-order chi connectivity index (χ1) is 16.9. The first kappa shape index (κ1) is 29.0. The molecule has 1 aliphatic heterocycles. The molecule has 36 heavy (non-hydrogen) atoms. The molecule has 196 valence electrons. The standard InChI is InChI=1S/C21H24F3N5.C2HF3O2/c22-21(23,24)17-6-3-5-16(13-17)19-14-18(27-20(15-25)28-19)7-4-8-26-9-12-29-10-1-2-11-29;3-2(4,5)1(6)7/h3,5-6,13-14,26H,1-2,4,7-12H2;(H,6,7). The summed E-state index contributed by atoms with van der Waals surface area (Å²) in [5.74, 6) is -2.79. The van der Waals surface area contributed by atoms with Crippen molar-refractivity contribution in [2.45, 2.75) is 38.0 Å². The molecule has 1 aromatic carbocycles. The minimum atomic E-state index is -5.08. The number of nitriles is 1. The summed E-state index contributed by atoms with van der Waals surface area (Å²) in [5.41, 5.74) is 0.574. The number of nitrogens with zero attached hydrogens (tertiary/aromatic N) is 4. The van der Waals surface area contributed by atoms with Crippen LogP contribution in [-0.4, -0.2) is 64.8 Å². The number of aryl methyl sites for hydroxylation is 1. The Morgan fingerprint density at radius 1 is 1.08 bits per heavy atom. The van der Waals surface area contributed by atoms with Crippen LogP contribution in [-0.2, 0) is 17.4 Å². The molecule has 2 heterocycles. The Kier molecular flexibility index (Phi) is 10.6. The number of alkyl halides is 6. The van der Waals surface area contributed by atoms with Gasteiger partial charge in [0.05, 0.1) is 11.3 Å². The molecule has 7 nitrogen and oxygen atoms in total. The molecule has 0 unspecified atom stereocenters. The molecule has 2 aromatic rings. The van der Waals surface area contributed by atoms with E-state index in [0.29, 0.717) is 23.4 Å². The number of hydrogen-bond acceptors (Lipinski definition) is 6. The van der Waals surface area contributed by atoms with Gasteiger partial charge in [-0.05, 0) is 63.5 Å². The summed E-state index contributed by atoms with van der Waals surface area (Å²) in [7, 11) is 0. The van der Waals surface area contributed by atoms with Crippen molar-refractivity contribution in [3.05, 3.63) is 47.4 Å². The molecule has 1 aliphatic rings. The average Bonchev–Trinajstić information content (AvgIpc) is 3.34. The van der Waals surface area contributed by atoms with Crippen molar-refractivity contribution >= 4 is 5.97 Å². The van der Waals surface area contributed by atoms with Crippen molar-refractivity contribution in [3.8, 4) is 17.3 Å². The zero-order valence-electron chi connectivity index (χ0n) is 19.2. The molecule has 0 aliphatic carbocycles. The summed E-state index contributed by atoms with van der Waals surface area (Å²) in [4.78, 5) is 19.6. The van der Waals surface area contributed by atoms with Gasteiger partial charge in [-0.15, -0.1) is 0 Å². The second-order valence-corrected chi connectivity index (χ2v) is 7.96. The number of hydrogen-bond donors (Lipinski definition) is 2. The number of likely N-dealkylation sites (tertiary alicyclic amines) is 1. The molecule has 0 amide bonds. The molecule has 0 radical (unpaired) electrons. The Hall–Kier alpha value is -3.24. The Balaban J connectivity index is 0.000000572. The third-order valence-electron chi connectivity index (χ3n) is 5.20. The summed E-state index contributed by atoms with van der Waals surface area (Å²) < 4.78 is 70.7. The van der Waals surface area contributed by atoms with Crippen molar-refractivity contribution < 1.29 is 36.2 Å². The number of carboxylic acid groups (broad SMARTS) is 1. The number of benzene rings is 1. The van der Waals surface area contributed by atoms with E-state index in [1.165, 1.54) is 32.0 Å². The van der Waals surface area contributed by atoms with Crippen LogP contribution in [0.3, 0.4) is 0 Å². The lowest BCUT2D eigenvalue weighted by molar-refractivity contribution is -0.192. The first-order valence-electron chi connectivity index (χ1n) is 11.1. The van der Waals surface area contributed by atoms with E-state index in [-0.39, 0.29) is 5.82 Å². The third kappa shape index (κ3) is 9.79. The predicted molar refractivity (Wildman–Crippen MR) is 118 cm³/mol. The average molecular weight is 517 g/mol. The van der Waals surface area contributed by atoms with Gasteiger partial charge in [-0.1, -0.05) is 12.1 Å². The van der Waals surface area contributed by atoms with Crippen LogP contribution in [0.25, 0.3) is 11.3 Å².